The van der Waals surface area contributed by atoms with Crippen LogP contribution in [0.1, 0.15) is 25.5 Å². The molecule has 22 heavy (non-hydrogen) atoms. The molecule has 1 N–H and O–H groups in total. The summed E-state index contributed by atoms with van der Waals surface area (Å²) in [6.45, 7) is 1.88. The zero-order valence-corrected chi connectivity index (χ0v) is 13.0. The second-order valence-corrected chi connectivity index (χ2v) is 6.60. The number of fused-ring (bicyclic) bond motifs is 1. The fourth-order valence-electron chi connectivity index (χ4n) is 1.79. The molecule has 0 atom stereocenters. The number of carbonyl (C=O) groups excluding carboxylic acids is 1. The summed E-state index contributed by atoms with van der Waals surface area (Å²) in [7, 11) is -3.57. The fraction of sp³-hybridized carbons (Fsp3) is 0.267. The molecule has 0 bridgehead atoms. The minimum Gasteiger partial charge on any atom is -0.269 e. The molecule has 6 nitrogen and oxygen atoms in total. The third-order valence-corrected chi connectivity index (χ3v) is 4.23. The molecule has 7 heteroatoms. The topological polar surface area (TPSA) is 89.0 Å². The van der Waals surface area contributed by atoms with E-state index in [4.69, 9.17) is 0 Å². The molecule has 2 rings (SSSR count). The van der Waals surface area contributed by atoms with Crippen LogP contribution in [0.5, 0.6) is 0 Å². The highest BCUT2D eigenvalue weighted by Gasteiger charge is 2.11. The van der Waals surface area contributed by atoms with Gasteiger partial charge in [0.25, 0.3) is 5.91 Å². The SMILES string of the molecule is CCCCS(=O)(=O)NC(=O)C=Cc1cnc2ccccc2n1. The van der Waals surface area contributed by atoms with E-state index in [2.05, 4.69) is 9.97 Å². The highest BCUT2D eigenvalue weighted by atomic mass is 32.2. The van der Waals surface area contributed by atoms with E-state index in [0.717, 1.165) is 18.0 Å². The van der Waals surface area contributed by atoms with Gasteiger partial charge < -0.3 is 0 Å². The zero-order chi connectivity index (χ0) is 16.0. The van der Waals surface area contributed by atoms with Crippen molar-refractivity contribution < 1.29 is 13.2 Å². The molecule has 1 aromatic heterocycles. The number of benzene rings is 1. The van der Waals surface area contributed by atoms with Gasteiger partial charge in [-0.25, -0.2) is 18.1 Å². The summed E-state index contributed by atoms with van der Waals surface area (Å²) in [5, 5.41) is 0. The second-order valence-electron chi connectivity index (χ2n) is 4.76. The van der Waals surface area contributed by atoms with Gasteiger partial charge in [0.1, 0.15) is 0 Å². The van der Waals surface area contributed by atoms with Gasteiger partial charge in [-0.05, 0) is 24.6 Å². The summed E-state index contributed by atoms with van der Waals surface area (Å²) in [6, 6.07) is 7.36. The molecule has 0 radical (unpaired) electrons. The maximum absolute atomic E-state index is 11.6. The predicted molar refractivity (Wildman–Crippen MR) is 85.4 cm³/mol. The lowest BCUT2D eigenvalue weighted by Gasteiger charge is -2.03. The number of para-hydroxylation sites is 2. The molecule has 2 aromatic rings. The molecular formula is C15H17N3O3S. The van der Waals surface area contributed by atoms with Crippen molar-refractivity contribution in [2.75, 3.05) is 5.75 Å². The van der Waals surface area contributed by atoms with Gasteiger partial charge in [0.15, 0.2) is 0 Å². The minimum absolute atomic E-state index is 0.0567. The lowest BCUT2D eigenvalue weighted by Crippen LogP contribution is -2.31. The minimum atomic E-state index is -3.57. The van der Waals surface area contributed by atoms with E-state index in [1.54, 1.807) is 0 Å². The number of nitrogens with zero attached hydrogens (tertiary/aromatic N) is 2. The Bertz CT molecular complexity index is 801. The van der Waals surface area contributed by atoms with Crippen LogP contribution < -0.4 is 4.72 Å². The Labute approximate surface area is 129 Å². The molecule has 0 spiro atoms. The standard InChI is InChI=1S/C15H17N3O3S/c1-2-3-10-22(20,21)18-15(19)9-8-12-11-16-13-6-4-5-7-14(13)17-12/h4-9,11H,2-3,10H2,1H3,(H,18,19). The van der Waals surface area contributed by atoms with Gasteiger partial charge in [-0.2, -0.15) is 0 Å². The molecule has 0 fully saturated rings. The Morgan fingerprint density at radius 2 is 2.00 bits per heavy atom. The number of hydrogen-bond acceptors (Lipinski definition) is 5. The number of rotatable bonds is 6. The van der Waals surface area contributed by atoms with Crippen LogP contribution in [0.2, 0.25) is 0 Å². The quantitative estimate of drug-likeness (QED) is 0.821. The number of aromatic nitrogens is 2. The third kappa shape index (κ3) is 4.63. The number of hydrogen-bond donors (Lipinski definition) is 1. The van der Waals surface area contributed by atoms with Gasteiger partial charge >= 0.3 is 0 Å². The maximum Gasteiger partial charge on any atom is 0.257 e. The van der Waals surface area contributed by atoms with Crippen molar-refractivity contribution in [3.63, 3.8) is 0 Å². The van der Waals surface area contributed by atoms with Crippen LogP contribution in [-0.2, 0) is 14.8 Å². The lowest BCUT2D eigenvalue weighted by molar-refractivity contribution is -0.114. The Morgan fingerprint density at radius 3 is 2.73 bits per heavy atom. The molecule has 0 unspecified atom stereocenters. The first-order valence-corrected chi connectivity index (χ1v) is 8.60. The van der Waals surface area contributed by atoms with Crippen LogP contribution in [0.3, 0.4) is 0 Å². The van der Waals surface area contributed by atoms with E-state index in [9.17, 15) is 13.2 Å². The number of nitrogens with one attached hydrogen (secondary N) is 1. The molecule has 1 heterocycles. The molecule has 0 aliphatic carbocycles. The third-order valence-electron chi connectivity index (χ3n) is 2.90. The van der Waals surface area contributed by atoms with Crippen LogP contribution in [0.15, 0.2) is 36.5 Å². The maximum atomic E-state index is 11.6. The van der Waals surface area contributed by atoms with Crippen LogP contribution >= 0.6 is 0 Å². The summed E-state index contributed by atoms with van der Waals surface area (Å²) < 4.78 is 25.2. The Balaban J connectivity index is 2.05. The van der Waals surface area contributed by atoms with Gasteiger partial charge in [0.05, 0.1) is 28.7 Å². The number of sulfonamides is 1. The van der Waals surface area contributed by atoms with Crippen molar-refractivity contribution in [2.24, 2.45) is 0 Å². The number of unbranched alkanes of at least 4 members (excludes halogenated alkanes) is 1. The summed E-state index contributed by atoms with van der Waals surface area (Å²) in [6.07, 6.45) is 5.37. The average molecular weight is 319 g/mol. The van der Waals surface area contributed by atoms with E-state index < -0.39 is 15.9 Å². The van der Waals surface area contributed by atoms with E-state index in [1.165, 1.54) is 12.3 Å². The van der Waals surface area contributed by atoms with Gasteiger partial charge in [0.2, 0.25) is 10.0 Å². The summed E-state index contributed by atoms with van der Waals surface area (Å²) in [4.78, 5) is 20.2. The highest BCUT2D eigenvalue weighted by Crippen LogP contribution is 2.09. The summed E-state index contributed by atoms with van der Waals surface area (Å²) in [5.74, 6) is -0.746. The molecule has 0 saturated heterocycles. The van der Waals surface area contributed by atoms with E-state index in [1.807, 2.05) is 35.9 Å². The Morgan fingerprint density at radius 1 is 1.27 bits per heavy atom. The predicted octanol–water partition coefficient (Wildman–Crippen LogP) is 1.89. The van der Waals surface area contributed by atoms with Gasteiger partial charge in [-0.3, -0.25) is 9.78 Å². The van der Waals surface area contributed by atoms with Crippen LogP contribution in [0, 0.1) is 0 Å². The Hall–Kier alpha value is -2.28. The zero-order valence-electron chi connectivity index (χ0n) is 12.2. The van der Waals surface area contributed by atoms with Crippen molar-refractivity contribution in [3.8, 4) is 0 Å². The van der Waals surface area contributed by atoms with E-state index in [-0.39, 0.29) is 5.75 Å². The van der Waals surface area contributed by atoms with Gasteiger partial charge in [0, 0.05) is 6.08 Å². The largest absolute Gasteiger partial charge is 0.269 e. The van der Waals surface area contributed by atoms with Gasteiger partial charge in [-0.1, -0.05) is 25.5 Å². The summed E-state index contributed by atoms with van der Waals surface area (Å²) >= 11 is 0. The van der Waals surface area contributed by atoms with E-state index >= 15 is 0 Å². The molecule has 0 saturated carbocycles. The van der Waals surface area contributed by atoms with Crippen LogP contribution in [-0.4, -0.2) is 30.0 Å². The first-order valence-electron chi connectivity index (χ1n) is 6.94. The first-order chi connectivity index (χ1) is 10.5. The normalized spacial score (nSPS) is 11.9. The van der Waals surface area contributed by atoms with E-state index in [0.29, 0.717) is 17.6 Å². The molecule has 0 aliphatic heterocycles. The smallest absolute Gasteiger partial charge is 0.257 e. The molecule has 1 amide bonds. The monoisotopic (exact) mass is 319 g/mol. The van der Waals surface area contributed by atoms with Crippen molar-refractivity contribution in [3.05, 3.63) is 42.2 Å². The number of amides is 1. The number of carbonyl (C=O) groups is 1. The van der Waals surface area contributed by atoms with Gasteiger partial charge in [-0.15, -0.1) is 0 Å². The summed E-state index contributed by atoms with van der Waals surface area (Å²) in [5.41, 5.74) is 1.95. The second kappa shape index (κ2) is 7.13. The average Bonchev–Trinajstić information content (AvgIpc) is 2.50. The molecule has 0 aliphatic rings. The molecule has 1 aromatic carbocycles. The van der Waals surface area contributed by atoms with Crippen LogP contribution in [0.4, 0.5) is 0 Å². The van der Waals surface area contributed by atoms with Crippen molar-refractivity contribution in [1.82, 2.24) is 14.7 Å². The van der Waals surface area contributed by atoms with Crippen molar-refractivity contribution in [2.45, 2.75) is 19.8 Å². The van der Waals surface area contributed by atoms with Crippen LogP contribution in [0.25, 0.3) is 17.1 Å². The molecular weight excluding hydrogens is 302 g/mol. The Kier molecular flexibility index (Phi) is 5.21. The fourth-order valence-corrected chi connectivity index (χ4v) is 2.93. The van der Waals surface area contributed by atoms with Crippen molar-refractivity contribution in [1.29, 1.82) is 0 Å². The first kappa shape index (κ1) is 16.1. The highest BCUT2D eigenvalue weighted by molar-refractivity contribution is 7.90. The lowest BCUT2D eigenvalue weighted by atomic mass is 10.3. The van der Waals surface area contributed by atoms with Crippen molar-refractivity contribution >= 4 is 33.0 Å². The molecule has 116 valence electrons.